The lowest BCUT2D eigenvalue weighted by atomic mass is 10.3. The maximum atomic E-state index is 12.3. The highest BCUT2D eigenvalue weighted by Crippen LogP contribution is 2.27. The average Bonchev–Trinajstić information content (AvgIpc) is 2.95. The van der Waals surface area contributed by atoms with Crippen molar-refractivity contribution in [2.45, 2.75) is 25.2 Å². The molecule has 0 aliphatic carbocycles. The molecule has 0 aliphatic heterocycles. The molecule has 0 saturated heterocycles. The number of H-pyrrole nitrogens is 1. The van der Waals surface area contributed by atoms with Gasteiger partial charge in [0.25, 0.3) is 10.0 Å². The first-order chi connectivity index (χ1) is 9.35. The number of nitrogens with zero attached hydrogens (tertiary/aromatic N) is 1. The van der Waals surface area contributed by atoms with Crippen LogP contribution in [0.2, 0.25) is 0 Å². The molecule has 0 spiro atoms. The second kappa shape index (κ2) is 5.25. The molecule has 0 radical (unpaired) electrons. The summed E-state index contributed by atoms with van der Waals surface area (Å²) in [5.74, 6) is -0.842. The molecule has 0 saturated carbocycles. The third-order valence-electron chi connectivity index (χ3n) is 2.71. The van der Waals surface area contributed by atoms with Crippen LogP contribution in [0.25, 0.3) is 0 Å². The first-order valence-corrected chi connectivity index (χ1v) is 8.04. The standard InChI is InChI=1S/C11H13N3O4S2/c1-3-7-5-12-13-10(7)14-20(17,18)9-4-8(11(15)16)19-6(9)2/h4-5H,3H2,1-2H3,(H,15,16)(H2,12,13,14). The predicted octanol–water partition coefficient (Wildman–Crippen LogP) is 1.84. The van der Waals surface area contributed by atoms with Crippen molar-refractivity contribution >= 4 is 33.1 Å². The molecule has 0 aliphatic rings. The lowest BCUT2D eigenvalue weighted by Gasteiger charge is -2.06. The van der Waals surface area contributed by atoms with Crippen LogP contribution in [-0.4, -0.2) is 29.7 Å². The van der Waals surface area contributed by atoms with Crippen LogP contribution in [-0.2, 0) is 16.4 Å². The molecule has 2 aromatic rings. The van der Waals surface area contributed by atoms with Crippen LogP contribution in [0.1, 0.15) is 27.0 Å². The fraction of sp³-hybridized carbons (Fsp3) is 0.273. The molecule has 2 heterocycles. The van der Waals surface area contributed by atoms with Crippen molar-refractivity contribution in [3.63, 3.8) is 0 Å². The van der Waals surface area contributed by atoms with Crippen molar-refractivity contribution < 1.29 is 18.3 Å². The third-order valence-corrected chi connectivity index (χ3v) is 5.35. The van der Waals surface area contributed by atoms with E-state index in [4.69, 9.17) is 5.11 Å². The lowest BCUT2D eigenvalue weighted by molar-refractivity contribution is 0.0702. The van der Waals surface area contributed by atoms with Crippen molar-refractivity contribution in [3.8, 4) is 0 Å². The van der Waals surface area contributed by atoms with E-state index in [0.717, 1.165) is 23.0 Å². The topological polar surface area (TPSA) is 112 Å². The molecule has 20 heavy (non-hydrogen) atoms. The Morgan fingerprint density at radius 3 is 2.80 bits per heavy atom. The van der Waals surface area contributed by atoms with E-state index in [2.05, 4.69) is 14.9 Å². The van der Waals surface area contributed by atoms with Crippen molar-refractivity contribution in [1.29, 1.82) is 0 Å². The molecular weight excluding hydrogens is 302 g/mol. The van der Waals surface area contributed by atoms with Gasteiger partial charge in [-0.15, -0.1) is 11.3 Å². The van der Waals surface area contributed by atoms with Crippen LogP contribution in [0.5, 0.6) is 0 Å². The normalized spacial score (nSPS) is 11.5. The number of thiophene rings is 1. The zero-order chi connectivity index (χ0) is 14.9. The minimum Gasteiger partial charge on any atom is -0.477 e. The van der Waals surface area contributed by atoms with E-state index in [1.807, 2.05) is 6.92 Å². The number of rotatable bonds is 5. The third kappa shape index (κ3) is 2.68. The van der Waals surface area contributed by atoms with Gasteiger partial charge in [-0.1, -0.05) is 6.92 Å². The molecule has 0 bridgehead atoms. The van der Waals surface area contributed by atoms with Gasteiger partial charge >= 0.3 is 5.97 Å². The first-order valence-electron chi connectivity index (χ1n) is 5.74. The van der Waals surface area contributed by atoms with Crippen LogP contribution in [0.3, 0.4) is 0 Å². The number of aromatic amines is 1. The average molecular weight is 315 g/mol. The number of aromatic carboxylic acids is 1. The number of anilines is 1. The Kier molecular flexibility index (Phi) is 3.82. The molecule has 0 aromatic carbocycles. The number of hydrogen-bond donors (Lipinski definition) is 3. The van der Waals surface area contributed by atoms with Crippen molar-refractivity contribution in [2.24, 2.45) is 0 Å². The largest absolute Gasteiger partial charge is 0.477 e. The zero-order valence-electron chi connectivity index (χ0n) is 10.8. The maximum Gasteiger partial charge on any atom is 0.345 e. The van der Waals surface area contributed by atoms with Gasteiger partial charge in [-0.3, -0.25) is 9.82 Å². The highest BCUT2D eigenvalue weighted by atomic mass is 32.2. The highest BCUT2D eigenvalue weighted by Gasteiger charge is 2.23. The van der Waals surface area contributed by atoms with E-state index in [-0.39, 0.29) is 9.77 Å². The van der Waals surface area contributed by atoms with Crippen molar-refractivity contribution in [1.82, 2.24) is 10.2 Å². The summed E-state index contributed by atoms with van der Waals surface area (Å²) in [6.07, 6.45) is 2.17. The van der Waals surface area contributed by atoms with Gasteiger partial charge in [0.1, 0.15) is 15.6 Å². The van der Waals surface area contributed by atoms with Crippen LogP contribution in [0.15, 0.2) is 17.2 Å². The second-order valence-electron chi connectivity index (χ2n) is 4.07. The molecule has 7 nitrogen and oxygen atoms in total. The Hall–Kier alpha value is -1.87. The van der Waals surface area contributed by atoms with E-state index in [1.165, 1.54) is 0 Å². The van der Waals surface area contributed by atoms with Crippen molar-refractivity contribution in [2.75, 3.05) is 4.72 Å². The predicted molar refractivity (Wildman–Crippen MR) is 74.8 cm³/mol. The van der Waals surface area contributed by atoms with E-state index >= 15 is 0 Å². The number of sulfonamides is 1. The van der Waals surface area contributed by atoms with Gasteiger partial charge in [0.15, 0.2) is 0 Å². The summed E-state index contributed by atoms with van der Waals surface area (Å²) in [6, 6.07) is 1.16. The highest BCUT2D eigenvalue weighted by molar-refractivity contribution is 7.93. The second-order valence-corrected chi connectivity index (χ2v) is 6.97. The van der Waals surface area contributed by atoms with Gasteiger partial charge < -0.3 is 5.11 Å². The molecule has 2 aromatic heterocycles. The summed E-state index contributed by atoms with van der Waals surface area (Å²) in [5.41, 5.74) is 0.736. The molecular formula is C11H13N3O4S2. The molecule has 0 atom stereocenters. The summed E-state index contributed by atoms with van der Waals surface area (Å²) in [6.45, 7) is 3.44. The summed E-state index contributed by atoms with van der Waals surface area (Å²) >= 11 is 0.927. The summed E-state index contributed by atoms with van der Waals surface area (Å²) in [5, 5.41) is 15.3. The summed E-state index contributed by atoms with van der Waals surface area (Å²) in [4.78, 5) is 11.3. The number of aryl methyl sites for hydroxylation is 2. The summed E-state index contributed by atoms with van der Waals surface area (Å²) in [7, 11) is -3.83. The SMILES string of the molecule is CCc1cn[nH]c1NS(=O)(=O)c1cc(C(=O)O)sc1C. The van der Waals surface area contributed by atoms with Crippen LogP contribution in [0.4, 0.5) is 5.82 Å². The smallest absolute Gasteiger partial charge is 0.345 e. The van der Waals surface area contributed by atoms with E-state index in [1.54, 1.807) is 13.1 Å². The number of carboxylic acid groups (broad SMARTS) is 1. The quantitative estimate of drug-likeness (QED) is 0.779. The van der Waals surface area contributed by atoms with E-state index < -0.39 is 16.0 Å². The minimum absolute atomic E-state index is 0.0109. The van der Waals surface area contributed by atoms with E-state index in [9.17, 15) is 13.2 Å². The number of aromatic nitrogens is 2. The van der Waals surface area contributed by atoms with Gasteiger partial charge in [-0.25, -0.2) is 13.2 Å². The molecule has 0 fully saturated rings. The van der Waals surface area contributed by atoms with Crippen LogP contribution >= 0.6 is 11.3 Å². The monoisotopic (exact) mass is 315 g/mol. The van der Waals surface area contributed by atoms with E-state index in [0.29, 0.717) is 17.1 Å². The first kappa shape index (κ1) is 14.5. The van der Waals surface area contributed by atoms with Crippen LogP contribution in [0, 0.1) is 6.92 Å². The molecule has 2 rings (SSSR count). The van der Waals surface area contributed by atoms with Gasteiger partial charge in [-0.05, 0) is 19.4 Å². The fourth-order valence-electron chi connectivity index (χ4n) is 1.69. The molecule has 0 unspecified atom stereocenters. The van der Waals surface area contributed by atoms with Gasteiger partial charge in [0.2, 0.25) is 0 Å². The van der Waals surface area contributed by atoms with Gasteiger partial charge in [0.05, 0.1) is 6.20 Å². The molecule has 9 heteroatoms. The van der Waals surface area contributed by atoms with Gasteiger partial charge in [-0.2, -0.15) is 5.10 Å². The Morgan fingerprint density at radius 1 is 1.55 bits per heavy atom. The molecule has 0 amide bonds. The van der Waals surface area contributed by atoms with Gasteiger partial charge in [0, 0.05) is 10.4 Å². The van der Waals surface area contributed by atoms with Crippen molar-refractivity contribution in [3.05, 3.63) is 27.6 Å². The Bertz CT molecular complexity index is 746. The zero-order valence-corrected chi connectivity index (χ0v) is 12.4. The Balaban J connectivity index is 2.38. The maximum absolute atomic E-state index is 12.3. The minimum atomic E-state index is -3.83. The number of carboxylic acids is 1. The van der Waals surface area contributed by atoms with Crippen LogP contribution < -0.4 is 4.72 Å². The molecule has 108 valence electrons. The fourth-order valence-corrected chi connectivity index (χ4v) is 4.18. The number of carbonyl (C=O) groups is 1. The number of hydrogen-bond acceptors (Lipinski definition) is 5. The lowest BCUT2D eigenvalue weighted by Crippen LogP contribution is -2.14. The molecule has 3 N–H and O–H groups in total. The Morgan fingerprint density at radius 2 is 2.25 bits per heavy atom. The Labute approximate surface area is 119 Å². The summed E-state index contributed by atoms with van der Waals surface area (Å²) < 4.78 is 27.0. The number of nitrogens with one attached hydrogen (secondary N) is 2.